The van der Waals surface area contributed by atoms with E-state index in [0.717, 1.165) is 38.8 Å². The number of carbonyl (C=O) groups excluding carboxylic acids is 1. The van der Waals surface area contributed by atoms with E-state index in [1.54, 1.807) is 24.1 Å². The van der Waals surface area contributed by atoms with Crippen molar-refractivity contribution in [3.8, 4) is 0 Å². The molecular weight excluding hydrogens is 320 g/mol. The number of hydrogen-bond donors (Lipinski definition) is 1. The third-order valence-electron chi connectivity index (χ3n) is 5.60. The van der Waals surface area contributed by atoms with Crippen LogP contribution in [0.4, 0.5) is 0 Å². The van der Waals surface area contributed by atoms with Crippen LogP contribution in [0, 0.1) is 0 Å². The molecule has 1 heterocycles. The summed E-state index contributed by atoms with van der Waals surface area (Å²) < 4.78 is 5.47. The smallest absolute Gasteiger partial charge is 0.335 e. The topological polar surface area (TPSA) is 70.1 Å². The molecule has 2 aliphatic rings. The molecule has 0 radical (unpaired) electrons. The third-order valence-corrected chi connectivity index (χ3v) is 5.60. The first-order valence-corrected chi connectivity index (χ1v) is 8.88. The van der Waals surface area contributed by atoms with Crippen molar-refractivity contribution in [2.24, 2.45) is 0 Å². The van der Waals surface area contributed by atoms with Crippen LogP contribution in [0.15, 0.2) is 24.3 Å². The number of ether oxygens (including phenoxy) is 1. The molecule has 6 heteroatoms. The number of carboxylic acid groups (broad SMARTS) is 1. The molecule has 1 aliphatic heterocycles. The Bertz CT molecular complexity index is 648. The first kappa shape index (κ1) is 17.9. The van der Waals surface area contributed by atoms with Crippen molar-refractivity contribution < 1.29 is 19.4 Å². The highest BCUT2D eigenvalue weighted by atomic mass is 16.5. The second-order valence-electron chi connectivity index (χ2n) is 7.01. The van der Waals surface area contributed by atoms with Gasteiger partial charge in [-0.3, -0.25) is 9.69 Å². The number of hydrogen-bond acceptors (Lipinski definition) is 4. The van der Waals surface area contributed by atoms with Gasteiger partial charge in [-0.25, -0.2) is 4.79 Å². The number of carbonyl (C=O) groups is 2. The van der Waals surface area contributed by atoms with Gasteiger partial charge >= 0.3 is 5.97 Å². The summed E-state index contributed by atoms with van der Waals surface area (Å²) in [5, 5.41) is 9.13. The second kappa shape index (κ2) is 7.54. The fourth-order valence-corrected chi connectivity index (χ4v) is 4.19. The molecule has 136 valence electrons. The molecule has 3 atom stereocenters. The number of nitrogens with zero attached hydrogens (tertiary/aromatic N) is 2. The van der Waals surface area contributed by atoms with Crippen LogP contribution in [0.25, 0.3) is 0 Å². The molecule has 1 aromatic rings. The van der Waals surface area contributed by atoms with Crippen molar-refractivity contribution in [1.82, 2.24) is 9.80 Å². The molecule has 25 heavy (non-hydrogen) atoms. The van der Waals surface area contributed by atoms with E-state index in [4.69, 9.17) is 9.84 Å². The zero-order chi connectivity index (χ0) is 18.0. The summed E-state index contributed by atoms with van der Waals surface area (Å²) in [7, 11) is 3.59. The van der Waals surface area contributed by atoms with E-state index in [9.17, 15) is 9.59 Å². The van der Waals surface area contributed by atoms with Crippen LogP contribution in [0.3, 0.4) is 0 Å². The zero-order valence-electron chi connectivity index (χ0n) is 14.9. The highest BCUT2D eigenvalue weighted by Gasteiger charge is 2.39. The molecule has 1 amide bonds. The molecule has 2 fully saturated rings. The standard InChI is InChI=1S/C19H26N2O4/c1-20(18(22)13-5-3-6-14(11-13)19(23)24)16-7-4-8-17(16)21-10-9-15(12-21)25-2/h3,5-6,11,15-17H,4,7-10,12H2,1-2H3,(H,23,24)/t15?,16-,17+/m0/s1. The predicted octanol–water partition coefficient (Wildman–Crippen LogP) is 2.10. The molecule has 3 rings (SSSR count). The lowest BCUT2D eigenvalue weighted by Crippen LogP contribution is -2.49. The van der Waals surface area contributed by atoms with Gasteiger partial charge in [0.15, 0.2) is 0 Å². The monoisotopic (exact) mass is 346 g/mol. The van der Waals surface area contributed by atoms with E-state index in [0.29, 0.717) is 11.6 Å². The molecule has 1 saturated carbocycles. The molecule has 1 aliphatic carbocycles. The van der Waals surface area contributed by atoms with Crippen molar-refractivity contribution in [3.05, 3.63) is 35.4 Å². The van der Waals surface area contributed by atoms with Crippen LogP contribution < -0.4 is 0 Å². The van der Waals surface area contributed by atoms with E-state index in [1.165, 1.54) is 12.1 Å². The number of methoxy groups -OCH3 is 1. The first-order valence-electron chi connectivity index (χ1n) is 8.88. The summed E-state index contributed by atoms with van der Waals surface area (Å²) in [4.78, 5) is 28.3. The Morgan fingerprint density at radius 1 is 1.24 bits per heavy atom. The number of carboxylic acids is 1. The quantitative estimate of drug-likeness (QED) is 0.884. The van der Waals surface area contributed by atoms with Gasteiger partial charge in [0, 0.05) is 44.9 Å². The van der Waals surface area contributed by atoms with Crippen LogP contribution in [0.2, 0.25) is 0 Å². The van der Waals surface area contributed by atoms with E-state index >= 15 is 0 Å². The van der Waals surface area contributed by atoms with Gasteiger partial charge in [0.1, 0.15) is 0 Å². The number of amides is 1. The maximum atomic E-state index is 12.9. The Morgan fingerprint density at radius 3 is 2.68 bits per heavy atom. The van der Waals surface area contributed by atoms with E-state index in [2.05, 4.69) is 4.90 Å². The van der Waals surface area contributed by atoms with Gasteiger partial charge < -0.3 is 14.7 Å². The molecule has 6 nitrogen and oxygen atoms in total. The van der Waals surface area contributed by atoms with E-state index < -0.39 is 5.97 Å². The Balaban J connectivity index is 1.73. The Hall–Kier alpha value is -1.92. The van der Waals surface area contributed by atoms with Crippen LogP contribution in [0.1, 0.15) is 46.4 Å². The Labute approximate surface area is 148 Å². The minimum atomic E-state index is -1.02. The van der Waals surface area contributed by atoms with Crippen molar-refractivity contribution in [2.75, 3.05) is 27.2 Å². The number of likely N-dealkylation sites (tertiary alicyclic amines) is 1. The average molecular weight is 346 g/mol. The first-order chi connectivity index (χ1) is 12.0. The number of rotatable bonds is 5. The van der Waals surface area contributed by atoms with Gasteiger partial charge in [0.25, 0.3) is 5.91 Å². The van der Waals surface area contributed by atoms with Crippen molar-refractivity contribution in [1.29, 1.82) is 0 Å². The molecule has 1 N–H and O–H groups in total. The Morgan fingerprint density at radius 2 is 2.00 bits per heavy atom. The fourth-order valence-electron chi connectivity index (χ4n) is 4.19. The zero-order valence-corrected chi connectivity index (χ0v) is 14.9. The second-order valence-corrected chi connectivity index (χ2v) is 7.01. The minimum Gasteiger partial charge on any atom is -0.478 e. The van der Waals surface area contributed by atoms with Crippen molar-refractivity contribution >= 4 is 11.9 Å². The summed E-state index contributed by atoms with van der Waals surface area (Å²) >= 11 is 0. The van der Waals surface area contributed by atoms with Crippen LogP contribution >= 0.6 is 0 Å². The molecule has 1 unspecified atom stereocenters. The van der Waals surface area contributed by atoms with Crippen LogP contribution in [-0.2, 0) is 4.74 Å². The molecule has 1 saturated heterocycles. The lowest BCUT2D eigenvalue weighted by molar-refractivity contribution is 0.0605. The fraction of sp³-hybridized carbons (Fsp3) is 0.579. The van der Waals surface area contributed by atoms with Gasteiger partial charge in [-0.1, -0.05) is 6.07 Å². The summed E-state index contributed by atoms with van der Waals surface area (Å²) in [6.07, 6.45) is 4.51. The summed E-state index contributed by atoms with van der Waals surface area (Å²) in [5.41, 5.74) is 0.578. The predicted molar refractivity (Wildman–Crippen MR) is 93.9 cm³/mol. The SMILES string of the molecule is COC1CCN([C@@H]2CCC[C@@H]2N(C)C(=O)c2cccc(C(=O)O)c2)C1. The molecule has 0 spiro atoms. The van der Waals surface area contributed by atoms with Gasteiger partial charge in [-0.05, 0) is 43.9 Å². The molecule has 1 aromatic carbocycles. The summed E-state index contributed by atoms with van der Waals surface area (Å²) in [6.45, 7) is 1.93. The summed E-state index contributed by atoms with van der Waals surface area (Å²) in [6, 6.07) is 6.80. The van der Waals surface area contributed by atoms with Crippen molar-refractivity contribution in [3.63, 3.8) is 0 Å². The van der Waals surface area contributed by atoms with Gasteiger partial charge in [-0.15, -0.1) is 0 Å². The van der Waals surface area contributed by atoms with Gasteiger partial charge in [0.05, 0.1) is 11.7 Å². The molecule has 0 aromatic heterocycles. The number of aromatic carboxylic acids is 1. The van der Waals surface area contributed by atoms with Crippen LogP contribution in [0.5, 0.6) is 0 Å². The Kier molecular flexibility index (Phi) is 5.39. The number of benzene rings is 1. The maximum absolute atomic E-state index is 12.9. The lowest BCUT2D eigenvalue weighted by atomic mass is 10.1. The van der Waals surface area contributed by atoms with Crippen LogP contribution in [-0.4, -0.2) is 72.2 Å². The molecular formula is C19H26N2O4. The average Bonchev–Trinajstić information content (AvgIpc) is 3.29. The minimum absolute atomic E-state index is 0.109. The maximum Gasteiger partial charge on any atom is 0.335 e. The van der Waals surface area contributed by atoms with Crippen molar-refractivity contribution in [2.45, 2.75) is 43.9 Å². The normalized spacial score (nSPS) is 26.7. The number of likely N-dealkylation sites (N-methyl/N-ethyl adjacent to an activating group) is 1. The molecule has 0 bridgehead atoms. The van der Waals surface area contributed by atoms with E-state index in [1.807, 2.05) is 7.05 Å². The van der Waals surface area contributed by atoms with Gasteiger partial charge in [0.2, 0.25) is 0 Å². The van der Waals surface area contributed by atoms with Gasteiger partial charge in [-0.2, -0.15) is 0 Å². The highest BCUT2D eigenvalue weighted by Crippen LogP contribution is 2.31. The lowest BCUT2D eigenvalue weighted by Gasteiger charge is -2.35. The van der Waals surface area contributed by atoms with E-state index in [-0.39, 0.29) is 23.6 Å². The third kappa shape index (κ3) is 3.70. The summed E-state index contributed by atoms with van der Waals surface area (Å²) in [5.74, 6) is -1.12. The highest BCUT2D eigenvalue weighted by molar-refractivity contribution is 5.97. The largest absolute Gasteiger partial charge is 0.478 e.